The van der Waals surface area contributed by atoms with Gasteiger partial charge in [-0.05, 0) is 29.7 Å². The lowest BCUT2D eigenvalue weighted by Gasteiger charge is -2.26. The van der Waals surface area contributed by atoms with Crippen LogP contribution in [0.3, 0.4) is 0 Å². The van der Waals surface area contributed by atoms with Crippen LogP contribution < -0.4 is 5.43 Å². The van der Waals surface area contributed by atoms with E-state index in [0.29, 0.717) is 25.6 Å². The van der Waals surface area contributed by atoms with E-state index in [-0.39, 0.29) is 11.3 Å². The molecule has 2 aromatic carbocycles. The molecule has 0 saturated carbocycles. The Kier molecular flexibility index (Phi) is 6.81. The molecule has 0 N–H and O–H groups in total. The van der Waals surface area contributed by atoms with Gasteiger partial charge in [0.05, 0.1) is 13.2 Å². The van der Waals surface area contributed by atoms with Crippen LogP contribution in [0.1, 0.15) is 38.7 Å². The molecule has 0 radical (unpaired) electrons. The van der Waals surface area contributed by atoms with Crippen LogP contribution in [0.4, 0.5) is 0 Å². The largest absolute Gasteiger partial charge is 0.378 e. The first-order valence-corrected chi connectivity index (χ1v) is 10.6. The second-order valence-corrected chi connectivity index (χ2v) is 8.23. The number of benzene rings is 2. The van der Waals surface area contributed by atoms with E-state index >= 15 is 0 Å². The smallest absolute Gasteiger partial charge is 0.222 e. The lowest BCUT2D eigenvalue weighted by Crippen LogP contribution is -2.40. The van der Waals surface area contributed by atoms with Crippen molar-refractivity contribution in [3.8, 4) is 0 Å². The summed E-state index contributed by atoms with van der Waals surface area (Å²) in [5.41, 5.74) is 1.32. The molecule has 1 saturated heterocycles. The minimum atomic E-state index is 0.170. The van der Waals surface area contributed by atoms with Crippen LogP contribution in [0.5, 0.6) is 0 Å². The number of morpholine rings is 1. The Hall–Kier alpha value is -2.24. The highest BCUT2D eigenvalue weighted by molar-refractivity contribution is 7.24. The zero-order chi connectivity index (χ0) is 20.1. The summed E-state index contributed by atoms with van der Waals surface area (Å²) in [6.07, 6.45) is 0.611. The van der Waals surface area contributed by atoms with Crippen molar-refractivity contribution >= 4 is 37.4 Å². The van der Waals surface area contributed by atoms with Crippen molar-refractivity contribution in [1.82, 2.24) is 4.90 Å². The van der Waals surface area contributed by atoms with Gasteiger partial charge in [-0.3, -0.25) is 9.59 Å². The van der Waals surface area contributed by atoms with Crippen molar-refractivity contribution < 1.29 is 9.53 Å². The van der Waals surface area contributed by atoms with Crippen molar-refractivity contribution in [2.24, 2.45) is 0 Å². The quantitative estimate of drug-likeness (QED) is 0.584. The Morgan fingerprint density at radius 3 is 2.43 bits per heavy atom. The summed E-state index contributed by atoms with van der Waals surface area (Å²) < 4.78 is 7.25. The second kappa shape index (κ2) is 9.30. The number of nitrogens with zero attached hydrogens (tertiary/aromatic N) is 1. The average Bonchev–Trinajstić information content (AvgIpc) is 2.74. The molecule has 0 spiro atoms. The van der Waals surface area contributed by atoms with Gasteiger partial charge in [-0.1, -0.05) is 45.0 Å². The van der Waals surface area contributed by atoms with Crippen LogP contribution in [0.2, 0.25) is 0 Å². The monoisotopic (exact) mass is 397 g/mol. The summed E-state index contributed by atoms with van der Waals surface area (Å²) in [6, 6.07) is 14.0. The Balaban J connectivity index is 0.000000192. The Bertz CT molecular complexity index is 1020. The van der Waals surface area contributed by atoms with Gasteiger partial charge in [0.15, 0.2) is 5.43 Å². The summed E-state index contributed by atoms with van der Waals surface area (Å²) in [6.45, 7) is 9.09. The van der Waals surface area contributed by atoms with Crippen LogP contribution >= 0.6 is 11.3 Å². The predicted molar refractivity (Wildman–Crippen MR) is 117 cm³/mol. The lowest BCUT2D eigenvalue weighted by atomic mass is 9.98. The molecule has 1 fully saturated rings. The first-order valence-electron chi connectivity index (χ1n) is 9.83. The molecule has 1 amide bonds. The standard InChI is InChI=1S/C16H14OS.C7H13NO2/c1-10(2)11-7-5-9-14-15(11)16(17)12-6-3-4-8-13(12)18-14;1-2-7(9)8-3-5-10-6-4-8/h3-10H,1-2H3;2-6H2,1H3. The summed E-state index contributed by atoms with van der Waals surface area (Å²) in [5, 5.41) is 1.74. The number of rotatable bonds is 2. The van der Waals surface area contributed by atoms with E-state index in [0.717, 1.165) is 38.8 Å². The third-order valence-electron chi connectivity index (χ3n) is 4.93. The fourth-order valence-corrected chi connectivity index (χ4v) is 4.50. The third kappa shape index (κ3) is 4.42. The van der Waals surface area contributed by atoms with Crippen molar-refractivity contribution in [2.45, 2.75) is 33.1 Å². The van der Waals surface area contributed by atoms with E-state index in [1.165, 1.54) is 0 Å². The van der Waals surface area contributed by atoms with Gasteiger partial charge >= 0.3 is 0 Å². The van der Waals surface area contributed by atoms with Crippen LogP contribution in [0.25, 0.3) is 20.2 Å². The van der Waals surface area contributed by atoms with E-state index in [9.17, 15) is 9.59 Å². The van der Waals surface area contributed by atoms with Gasteiger partial charge in [0.2, 0.25) is 5.91 Å². The molecule has 0 aliphatic carbocycles. The maximum absolute atomic E-state index is 12.6. The van der Waals surface area contributed by atoms with Crippen molar-refractivity contribution in [3.05, 3.63) is 58.3 Å². The number of fused-ring (bicyclic) bond motifs is 2. The number of hydrogen-bond donors (Lipinski definition) is 0. The molecule has 4 nitrogen and oxygen atoms in total. The molecule has 0 unspecified atom stereocenters. The summed E-state index contributed by atoms with van der Waals surface area (Å²) in [5.74, 6) is 0.609. The molecule has 1 aromatic heterocycles. The molecular formula is C23H27NO3S. The Morgan fingerprint density at radius 1 is 1.07 bits per heavy atom. The molecule has 0 atom stereocenters. The van der Waals surface area contributed by atoms with Gasteiger partial charge in [0.1, 0.15) is 0 Å². The van der Waals surface area contributed by atoms with E-state index in [1.54, 1.807) is 11.3 Å². The maximum Gasteiger partial charge on any atom is 0.222 e. The van der Waals surface area contributed by atoms with Crippen LogP contribution in [-0.2, 0) is 9.53 Å². The van der Waals surface area contributed by atoms with E-state index in [2.05, 4.69) is 19.9 Å². The molecule has 4 rings (SSSR count). The zero-order valence-corrected chi connectivity index (χ0v) is 17.6. The number of amides is 1. The zero-order valence-electron chi connectivity index (χ0n) is 16.7. The minimum absolute atomic E-state index is 0.170. The molecule has 3 aromatic rings. The number of carbonyl (C=O) groups is 1. The van der Waals surface area contributed by atoms with E-state index in [1.807, 2.05) is 48.2 Å². The number of ether oxygens (including phenoxy) is 1. The molecule has 148 valence electrons. The molecule has 0 bridgehead atoms. The third-order valence-corrected chi connectivity index (χ3v) is 6.06. The molecule has 2 heterocycles. The van der Waals surface area contributed by atoms with Gasteiger partial charge in [-0.25, -0.2) is 0 Å². The van der Waals surface area contributed by atoms with E-state index in [4.69, 9.17) is 4.74 Å². The predicted octanol–water partition coefficient (Wildman–Crippen LogP) is 4.79. The highest BCUT2D eigenvalue weighted by Gasteiger charge is 2.14. The van der Waals surface area contributed by atoms with Crippen molar-refractivity contribution in [3.63, 3.8) is 0 Å². The average molecular weight is 398 g/mol. The van der Waals surface area contributed by atoms with Crippen molar-refractivity contribution in [2.75, 3.05) is 26.3 Å². The summed E-state index contributed by atoms with van der Waals surface area (Å²) in [4.78, 5) is 25.5. The Morgan fingerprint density at radius 2 is 1.75 bits per heavy atom. The van der Waals surface area contributed by atoms with Gasteiger partial charge in [-0.2, -0.15) is 0 Å². The maximum atomic E-state index is 12.6. The fraction of sp³-hybridized carbons (Fsp3) is 0.391. The molecule has 28 heavy (non-hydrogen) atoms. The first kappa shape index (κ1) is 20.5. The van der Waals surface area contributed by atoms with Gasteiger partial charge < -0.3 is 9.64 Å². The molecule has 1 aliphatic rings. The van der Waals surface area contributed by atoms with E-state index < -0.39 is 0 Å². The summed E-state index contributed by atoms with van der Waals surface area (Å²) in [7, 11) is 0. The van der Waals surface area contributed by atoms with Crippen LogP contribution in [0.15, 0.2) is 47.3 Å². The lowest BCUT2D eigenvalue weighted by molar-refractivity contribution is -0.134. The van der Waals surface area contributed by atoms with Gasteiger partial charge in [0, 0.05) is 39.7 Å². The number of carbonyl (C=O) groups excluding carboxylic acids is 1. The number of hydrogen-bond acceptors (Lipinski definition) is 4. The van der Waals surface area contributed by atoms with Crippen LogP contribution in [0, 0.1) is 0 Å². The highest BCUT2D eigenvalue weighted by atomic mass is 32.1. The Labute approximate surface area is 169 Å². The van der Waals surface area contributed by atoms with Gasteiger partial charge in [0.25, 0.3) is 0 Å². The summed E-state index contributed by atoms with van der Waals surface area (Å²) >= 11 is 1.70. The fourth-order valence-electron chi connectivity index (χ4n) is 3.39. The normalized spacial score (nSPS) is 14.2. The first-order chi connectivity index (χ1) is 13.5. The van der Waals surface area contributed by atoms with Crippen LogP contribution in [-0.4, -0.2) is 37.1 Å². The highest BCUT2D eigenvalue weighted by Crippen LogP contribution is 2.29. The molecule has 1 aliphatic heterocycles. The SMILES string of the molecule is CC(C)c1cccc2sc3ccccc3c(=O)c12.CCC(=O)N1CCOCC1. The van der Waals surface area contributed by atoms with Gasteiger partial charge in [-0.15, -0.1) is 11.3 Å². The minimum Gasteiger partial charge on any atom is -0.378 e. The molecule has 5 heteroatoms. The second-order valence-electron chi connectivity index (χ2n) is 7.15. The molecular weight excluding hydrogens is 370 g/mol. The van der Waals surface area contributed by atoms with Crippen molar-refractivity contribution in [1.29, 1.82) is 0 Å². The topological polar surface area (TPSA) is 46.6 Å².